The number of pyridine rings is 1. The maximum absolute atomic E-state index is 13.1. The van der Waals surface area contributed by atoms with Crippen LogP contribution in [0.5, 0.6) is 0 Å². The summed E-state index contributed by atoms with van der Waals surface area (Å²) in [7, 11) is 0. The zero-order chi connectivity index (χ0) is 14.1. The highest BCUT2D eigenvalue weighted by molar-refractivity contribution is 5.62. The van der Waals surface area contributed by atoms with E-state index in [0.717, 1.165) is 30.2 Å². The highest BCUT2D eigenvalue weighted by Gasteiger charge is 2.26. The van der Waals surface area contributed by atoms with Crippen LogP contribution in [0.4, 0.5) is 15.8 Å². The Balaban J connectivity index is 1.92. The van der Waals surface area contributed by atoms with Crippen LogP contribution in [0, 0.1) is 15.9 Å². The summed E-state index contributed by atoms with van der Waals surface area (Å²) in [5, 5.41) is 14.1. The fraction of sp³-hybridized carbons (Fsp3) is 0.214. The fourth-order valence-corrected chi connectivity index (χ4v) is 2.52. The minimum absolute atomic E-state index is 0.0737. The second-order valence-corrected chi connectivity index (χ2v) is 4.70. The molecule has 1 heterocycles. The average molecular weight is 273 g/mol. The maximum atomic E-state index is 13.1. The molecule has 0 saturated heterocycles. The van der Waals surface area contributed by atoms with Gasteiger partial charge in [0.1, 0.15) is 11.5 Å². The van der Waals surface area contributed by atoms with E-state index < -0.39 is 10.7 Å². The summed E-state index contributed by atoms with van der Waals surface area (Å²) in [4.78, 5) is 14.7. The summed E-state index contributed by atoms with van der Waals surface area (Å²) in [6, 6.07) is 7.34. The number of halogens is 1. The van der Waals surface area contributed by atoms with Crippen molar-refractivity contribution in [3.8, 4) is 0 Å². The Hall–Kier alpha value is -2.50. The van der Waals surface area contributed by atoms with Crippen LogP contribution >= 0.6 is 0 Å². The molecule has 1 aromatic carbocycles. The number of nitro benzene ring substituents is 1. The third-order valence-electron chi connectivity index (χ3n) is 3.44. The molecule has 1 aromatic heterocycles. The number of rotatable bonds is 3. The first-order valence-electron chi connectivity index (χ1n) is 6.29. The molecule has 1 unspecified atom stereocenters. The number of nitro groups is 1. The molecule has 0 spiro atoms. The standard InChI is InChI=1S/C14H12FN3O2/c15-10-4-6-11(13(8-10)18(19)20)17-12-5-3-9-2-1-7-16-14(9)12/h1-2,4,6-8,12,17H,3,5H2. The first-order valence-corrected chi connectivity index (χ1v) is 6.29. The number of nitrogens with zero attached hydrogens (tertiary/aromatic N) is 2. The van der Waals surface area contributed by atoms with Crippen molar-refractivity contribution < 1.29 is 9.31 Å². The van der Waals surface area contributed by atoms with Crippen LogP contribution in [0.2, 0.25) is 0 Å². The second kappa shape index (κ2) is 4.88. The van der Waals surface area contributed by atoms with Gasteiger partial charge >= 0.3 is 0 Å². The van der Waals surface area contributed by atoms with E-state index in [9.17, 15) is 14.5 Å². The highest BCUT2D eigenvalue weighted by atomic mass is 19.1. The number of aromatic nitrogens is 1. The molecule has 3 rings (SSSR count). The van der Waals surface area contributed by atoms with Crippen LogP contribution in [-0.2, 0) is 6.42 Å². The van der Waals surface area contributed by atoms with Crippen molar-refractivity contribution in [2.24, 2.45) is 0 Å². The molecular formula is C14H12FN3O2. The fourth-order valence-electron chi connectivity index (χ4n) is 2.52. The Morgan fingerprint density at radius 1 is 1.40 bits per heavy atom. The molecule has 1 atom stereocenters. The van der Waals surface area contributed by atoms with E-state index in [4.69, 9.17) is 0 Å². The van der Waals surface area contributed by atoms with Gasteiger partial charge < -0.3 is 5.32 Å². The minimum Gasteiger partial charge on any atom is -0.371 e. The third-order valence-corrected chi connectivity index (χ3v) is 3.44. The van der Waals surface area contributed by atoms with Crippen LogP contribution in [0.15, 0.2) is 36.5 Å². The quantitative estimate of drug-likeness (QED) is 0.688. The van der Waals surface area contributed by atoms with Crippen LogP contribution < -0.4 is 5.32 Å². The molecule has 6 heteroatoms. The van der Waals surface area contributed by atoms with Gasteiger partial charge in [0.2, 0.25) is 0 Å². The number of benzene rings is 1. The van der Waals surface area contributed by atoms with E-state index in [0.29, 0.717) is 5.69 Å². The van der Waals surface area contributed by atoms with Gasteiger partial charge in [-0.25, -0.2) is 4.39 Å². The van der Waals surface area contributed by atoms with E-state index in [1.807, 2.05) is 12.1 Å². The van der Waals surface area contributed by atoms with Gasteiger partial charge in [-0.3, -0.25) is 15.1 Å². The zero-order valence-electron chi connectivity index (χ0n) is 10.5. The summed E-state index contributed by atoms with van der Waals surface area (Å²) in [6.07, 6.45) is 3.41. The lowest BCUT2D eigenvalue weighted by molar-refractivity contribution is -0.384. The zero-order valence-corrected chi connectivity index (χ0v) is 10.5. The Morgan fingerprint density at radius 3 is 3.05 bits per heavy atom. The minimum atomic E-state index is -0.618. The SMILES string of the molecule is O=[N+]([O-])c1cc(F)ccc1NC1CCc2cccnc21. The molecule has 0 bridgehead atoms. The molecule has 0 saturated carbocycles. The number of aryl methyl sites for hydroxylation is 1. The summed E-state index contributed by atoms with van der Waals surface area (Å²) in [6.45, 7) is 0. The first-order chi connectivity index (χ1) is 9.65. The van der Waals surface area contributed by atoms with Gasteiger partial charge in [0.25, 0.3) is 5.69 Å². The van der Waals surface area contributed by atoms with Crippen molar-refractivity contribution in [3.05, 3.63) is 63.7 Å². The van der Waals surface area contributed by atoms with Gasteiger partial charge in [0, 0.05) is 6.20 Å². The number of fused-ring (bicyclic) bond motifs is 1. The van der Waals surface area contributed by atoms with Crippen LogP contribution in [-0.4, -0.2) is 9.91 Å². The summed E-state index contributed by atoms with van der Waals surface area (Å²) in [5.41, 5.74) is 2.12. The van der Waals surface area contributed by atoms with Crippen molar-refractivity contribution in [1.82, 2.24) is 4.98 Å². The van der Waals surface area contributed by atoms with Crippen molar-refractivity contribution in [2.75, 3.05) is 5.32 Å². The summed E-state index contributed by atoms with van der Waals surface area (Å²) >= 11 is 0. The topological polar surface area (TPSA) is 68.1 Å². The predicted molar refractivity (Wildman–Crippen MR) is 72.0 cm³/mol. The van der Waals surface area contributed by atoms with Crippen LogP contribution in [0.1, 0.15) is 23.7 Å². The molecule has 20 heavy (non-hydrogen) atoms. The van der Waals surface area contributed by atoms with Gasteiger partial charge in [-0.15, -0.1) is 0 Å². The molecule has 5 nitrogen and oxygen atoms in total. The normalized spacial score (nSPS) is 16.8. The average Bonchev–Trinajstić information content (AvgIpc) is 2.84. The summed E-state index contributed by atoms with van der Waals surface area (Å²) < 4.78 is 13.1. The van der Waals surface area contributed by atoms with Crippen LogP contribution in [0.25, 0.3) is 0 Å². The van der Waals surface area contributed by atoms with Crippen molar-refractivity contribution >= 4 is 11.4 Å². The van der Waals surface area contributed by atoms with Gasteiger partial charge in [0.05, 0.1) is 22.7 Å². The first kappa shape index (κ1) is 12.5. The lowest BCUT2D eigenvalue weighted by atomic mass is 10.2. The van der Waals surface area contributed by atoms with Gasteiger partial charge in [-0.05, 0) is 36.6 Å². The van der Waals surface area contributed by atoms with E-state index in [1.54, 1.807) is 6.20 Å². The van der Waals surface area contributed by atoms with Crippen molar-refractivity contribution in [3.63, 3.8) is 0 Å². The Kier molecular flexibility index (Phi) is 3.06. The lowest BCUT2D eigenvalue weighted by Gasteiger charge is -2.14. The molecular weight excluding hydrogens is 261 g/mol. The Bertz CT molecular complexity index is 675. The molecule has 1 aliphatic carbocycles. The summed E-state index contributed by atoms with van der Waals surface area (Å²) in [5.74, 6) is -0.618. The van der Waals surface area contributed by atoms with Gasteiger partial charge in [-0.1, -0.05) is 6.07 Å². The molecule has 0 radical (unpaired) electrons. The van der Waals surface area contributed by atoms with Crippen LogP contribution in [0.3, 0.4) is 0 Å². The van der Waals surface area contributed by atoms with E-state index in [-0.39, 0.29) is 11.7 Å². The molecule has 1 N–H and O–H groups in total. The van der Waals surface area contributed by atoms with Gasteiger partial charge in [0.15, 0.2) is 0 Å². The monoisotopic (exact) mass is 273 g/mol. The molecule has 2 aromatic rings. The van der Waals surface area contributed by atoms with Gasteiger partial charge in [-0.2, -0.15) is 0 Å². The van der Waals surface area contributed by atoms with Crippen molar-refractivity contribution in [2.45, 2.75) is 18.9 Å². The third kappa shape index (κ3) is 2.20. The predicted octanol–water partition coefficient (Wildman–Crippen LogP) is 3.23. The molecule has 102 valence electrons. The maximum Gasteiger partial charge on any atom is 0.295 e. The molecule has 0 aliphatic heterocycles. The number of nitrogens with one attached hydrogen (secondary N) is 1. The van der Waals surface area contributed by atoms with E-state index >= 15 is 0 Å². The number of hydrogen-bond donors (Lipinski definition) is 1. The van der Waals surface area contributed by atoms with E-state index in [2.05, 4.69) is 10.3 Å². The smallest absolute Gasteiger partial charge is 0.295 e. The Morgan fingerprint density at radius 2 is 2.25 bits per heavy atom. The molecule has 0 fully saturated rings. The largest absolute Gasteiger partial charge is 0.371 e. The lowest BCUT2D eigenvalue weighted by Crippen LogP contribution is -2.10. The number of anilines is 1. The molecule has 0 amide bonds. The molecule has 1 aliphatic rings. The van der Waals surface area contributed by atoms with E-state index in [1.165, 1.54) is 12.1 Å². The second-order valence-electron chi connectivity index (χ2n) is 4.70. The number of hydrogen-bond acceptors (Lipinski definition) is 4. The van der Waals surface area contributed by atoms with Crippen molar-refractivity contribution in [1.29, 1.82) is 0 Å². The Labute approximate surface area is 114 Å². The highest BCUT2D eigenvalue weighted by Crippen LogP contribution is 2.35.